The molecule has 3 amide bonds. The predicted octanol–water partition coefficient (Wildman–Crippen LogP) is 6.19. The Morgan fingerprint density at radius 2 is 1.84 bits per heavy atom. The lowest BCUT2D eigenvalue weighted by molar-refractivity contribution is -0.274. The molecule has 5 rings (SSSR count). The maximum Gasteiger partial charge on any atom is 0.573 e. The smallest absolute Gasteiger partial charge is 0.458 e. The van der Waals surface area contributed by atoms with Crippen molar-refractivity contribution in [3.05, 3.63) is 89.7 Å². The van der Waals surface area contributed by atoms with Crippen molar-refractivity contribution in [2.45, 2.75) is 45.2 Å². The highest BCUT2D eigenvalue weighted by Crippen LogP contribution is 2.33. The Labute approximate surface area is 255 Å². The number of anilines is 2. The molecule has 1 aliphatic heterocycles. The number of halogens is 3. The summed E-state index contributed by atoms with van der Waals surface area (Å²) in [6, 6.07) is 17.8. The van der Waals surface area contributed by atoms with Gasteiger partial charge in [0.2, 0.25) is 5.91 Å². The monoisotopic (exact) mass is 626 g/mol. The molecule has 10 nitrogen and oxygen atoms in total. The summed E-state index contributed by atoms with van der Waals surface area (Å²) in [7, 11) is 0. The summed E-state index contributed by atoms with van der Waals surface area (Å²) in [6.07, 6.45) is -1.63. The van der Waals surface area contributed by atoms with E-state index in [1.165, 1.54) is 47.0 Å². The molecule has 0 bridgehead atoms. The second kappa shape index (κ2) is 13.3. The first-order chi connectivity index (χ1) is 21.1. The highest BCUT2D eigenvalue weighted by atomic mass is 32.2. The van der Waals surface area contributed by atoms with E-state index in [-0.39, 0.29) is 30.0 Å². The highest BCUT2D eigenvalue weighted by molar-refractivity contribution is 8.01. The van der Waals surface area contributed by atoms with Crippen LogP contribution in [-0.4, -0.2) is 44.3 Å². The molecule has 1 aliphatic rings. The quantitative estimate of drug-likeness (QED) is 0.216. The second-order valence-corrected chi connectivity index (χ2v) is 11.0. The van der Waals surface area contributed by atoms with Crippen molar-refractivity contribution in [3.63, 3.8) is 0 Å². The van der Waals surface area contributed by atoms with Gasteiger partial charge in [-0.1, -0.05) is 37.6 Å². The molecule has 44 heavy (non-hydrogen) atoms. The van der Waals surface area contributed by atoms with Crippen LogP contribution in [0.15, 0.2) is 73.1 Å². The Balaban J connectivity index is 1.14. The Morgan fingerprint density at radius 1 is 1.09 bits per heavy atom. The molecule has 1 saturated heterocycles. The number of carbonyl (C=O) groups is 2. The molecule has 1 aromatic heterocycles. The summed E-state index contributed by atoms with van der Waals surface area (Å²) in [5, 5.41) is 9.89. The van der Waals surface area contributed by atoms with Gasteiger partial charge in [0.15, 0.2) is 5.50 Å². The Morgan fingerprint density at radius 3 is 2.55 bits per heavy atom. The fourth-order valence-electron chi connectivity index (χ4n) is 4.52. The average Bonchev–Trinajstić information content (AvgIpc) is 3.60. The van der Waals surface area contributed by atoms with E-state index in [1.807, 2.05) is 25.1 Å². The normalized spacial score (nSPS) is 14.9. The number of hydrogen-bond donors (Lipinski definition) is 2. The van der Waals surface area contributed by atoms with Crippen LogP contribution in [0.4, 0.5) is 29.3 Å². The van der Waals surface area contributed by atoms with Gasteiger partial charge in [-0.25, -0.2) is 9.48 Å². The molecular formula is C30H29F3N6O4S. The van der Waals surface area contributed by atoms with Crippen LogP contribution in [0.25, 0.3) is 5.69 Å². The van der Waals surface area contributed by atoms with Gasteiger partial charge in [-0.15, -0.1) is 30.0 Å². The highest BCUT2D eigenvalue weighted by Gasteiger charge is 2.35. The van der Waals surface area contributed by atoms with E-state index in [0.29, 0.717) is 11.4 Å². The zero-order valence-electron chi connectivity index (χ0n) is 23.8. The molecule has 14 heteroatoms. The Kier molecular flexibility index (Phi) is 9.28. The molecule has 0 saturated carbocycles. The fraction of sp³-hybridized carbons (Fsp3) is 0.267. The van der Waals surface area contributed by atoms with Crippen LogP contribution >= 0.6 is 11.8 Å². The zero-order valence-corrected chi connectivity index (χ0v) is 24.6. The van der Waals surface area contributed by atoms with Crippen molar-refractivity contribution >= 4 is 35.1 Å². The molecule has 0 spiro atoms. The molecule has 4 aromatic rings. The van der Waals surface area contributed by atoms with Crippen molar-refractivity contribution in [2.75, 3.05) is 16.0 Å². The van der Waals surface area contributed by atoms with Gasteiger partial charge in [-0.2, -0.15) is 4.98 Å². The summed E-state index contributed by atoms with van der Waals surface area (Å²) in [4.78, 5) is 31.4. The van der Waals surface area contributed by atoms with E-state index in [0.717, 1.165) is 35.2 Å². The predicted molar refractivity (Wildman–Crippen MR) is 160 cm³/mol. The van der Waals surface area contributed by atoms with Gasteiger partial charge in [0.1, 0.15) is 18.7 Å². The lowest BCUT2D eigenvalue weighted by Gasteiger charge is -2.27. The lowest BCUT2D eigenvalue weighted by Crippen LogP contribution is -2.46. The van der Waals surface area contributed by atoms with Gasteiger partial charge in [0.05, 0.1) is 17.1 Å². The SMILES string of the molecule is CCCc1ccc(C)cc1N1C(=O)CSC1NC(=O)Nc1ccc(COc2ncn(-c3ccc(OC(F)(F)F)cc3)n2)cc1. The number of aryl methyl sites for hydroxylation is 2. The largest absolute Gasteiger partial charge is 0.573 e. The summed E-state index contributed by atoms with van der Waals surface area (Å²) in [6.45, 7) is 4.20. The van der Waals surface area contributed by atoms with Crippen molar-refractivity contribution in [1.82, 2.24) is 20.1 Å². The summed E-state index contributed by atoms with van der Waals surface area (Å²) < 4.78 is 48.0. The summed E-state index contributed by atoms with van der Waals surface area (Å²) in [5.74, 6) is -0.124. The number of urea groups is 1. The van der Waals surface area contributed by atoms with E-state index in [2.05, 4.69) is 32.4 Å². The number of thioether (sulfide) groups is 1. The van der Waals surface area contributed by atoms with Crippen LogP contribution in [0.2, 0.25) is 0 Å². The third-order valence-electron chi connectivity index (χ3n) is 6.53. The number of rotatable bonds is 10. The molecule has 2 heterocycles. The second-order valence-electron chi connectivity index (χ2n) is 9.91. The topological polar surface area (TPSA) is 111 Å². The number of benzene rings is 3. The molecule has 0 aliphatic carbocycles. The first-order valence-electron chi connectivity index (χ1n) is 13.7. The van der Waals surface area contributed by atoms with E-state index in [4.69, 9.17) is 4.74 Å². The molecule has 1 unspecified atom stereocenters. The summed E-state index contributed by atoms with van der Waals surface area (Å²) >= 11 is 1.36. The van der Waals surface area contributed by atoms with E-state index in [1.54, 1.807) is 29.2 Å². The van der Waals surface area contributed by atoms with Crippen molar-refractivity contribution in [1.29, 1.82) is 0 Å². The van der Waals surface area contributed by atoms with Gasteiger partial charge in [-0.05, 0) is 72.5 Å². The van der Waals surface area contributed by atoms with Crippen LogP contribution in [-0.2, 0) is 17.8 Å². The van der Waals surface area contributed by atoms with Gasteiger partial charge >= 0.3 is 18.4 Å². The van der Waals surface area contributed by atoms with E-state index in [9.17, 15) is 22.8 Å². The minimum atomic E-state index is -4.77. The van der Waals surface area contributed by atoms with E-state index >= 15 is 0 Å². The molecule has 3 aromatic carbocycles. The number of carbonyl (C=O) groups excluding carboxylic acids is 2. The first-order valence-corrected chi connectivity index (χ1v) is 14.7. The summed E-state index contributed by atoms with van der Waals surface area (Å²) in [5.41, 5.74) is 4.19. The van der Waals surface area contributed by atoms with Gasteiger partial charge < -0.3 is 20.1 Å². The number of hydrogen-bond acceptors (Lipinski definition) is 7. The van der Waals surface area contributed by atoms with Crippen LogP contribution in [0.3, 0.4) is 0 Å². The number of amides is 3. The maximum absolute atomic E-state index is 12.9. The molecule has 230 valence electrons. The van der Waals surface area contributed by atoms with Crippen LogP contribution < -0.4 is 25.0 Å². The standard InChI is InChI=1S/C30H29F3N6O4S/c1-3-4-21-8-5-19(2)15-25(21)39-26(40)17-44-29(39)36-27(41)35-22-9-6-20(7-10-22)16-42-28-34-18-38(37-28)23-11-13-24(14-12-23)43-30(31,32)33/h5-15,18,29H,3-4,16-17H2,1-2H3,(H2,35,36,41). The zero-order chi connectivity index (χ0) is 31.3. The van der Waals surface area contributed by atoms with Crippen molar-refractivity contribution < 1.29 is 32.2 Å². The third-order valence-corrected chi connectivity index (χ3v) is 7.59. The number of aromatic nitrogens is 3. The number of alkyl halides is 3. The van der Waals surface area contributed by atoms with Crippen molar-refractivity contribution in [3.8, 4) is 17.4 Å². The average molecular weight is 627 g/mol. The van der Waals surface area contributed by atoms with Crippen LogP contribution in [0.1, 0.15) is 30.0 Å². The molecule has 1 fully saturated rings. The molecule has 2 N–H and O–H groups in total. The van der Waals surface area contributed by atoms with Gasteiger partial charge in [0, 0.05) is 5.69 Å². The van der Waals surface area contributed by atoms with E-state index < -0.39 is 17.9 Å². The maximum atomic E-state index is 12.9. The number of ether oxygens (including phenoxy) is 2. The lowest BCUT2D eigenvalue weighted by atomic mass is 10.0. The minimum absolute atomic E-state index is 0.0552. The first kappa shape index (κ1) is 30.7. The van der Waals surface area contributed by atoms with Gasteiger partial charge in [0.25, 0.3) is 0 Å². The number of nitrogens with one attached hydrogen (secondary N) is 2. The minimum Gasteiger partial charge on any atom is -0.458 e. The Bertz CT molecular complexity index is 1610. The van der Waals surface area contributed by atoms with Gasteiger partial charge in [-0.3, -0.25) is 9.69 Å². The number of nitrogens with zero attached hydrogens (tertiary/aromatic N) is 4. The molecule has 0 radical (unpaired) electrons. The van der Waals surface area contributed by atoms with Crippen molar-refractivity contribution in [2.24, 2.45) is 0 Å². The van der Waals surface area contributed by atoms with Crippen LogP contribution in [0.5, 0.6) is 11.8 Å². The molecular weight excluding hydrogens is 597 g/mol. The third kappa shape index (κ3) is 7.81. The fourth-order valence-corrected chi connectivity index (χ4v) is 5.53. The Hall–Kier alpha value is -4.72. The van der Waals surface area contributed by atoms with Crippen LogP contribution in [0, 0.1) is 6.92 Å². The molecule has 1 atom stereocenters.